The Bertz CT molecular complexity index is 421. The Morgan fingerprint density at radius 1 is 1.24 bits per heavy atom. The Morgan fingerprint density at radius 3 is 2.47 bits per heavy atom. The minimum absolute atomic E-state index is 0.338. The van der Waals surface area contributed by atoms with Crippen LogP contribution in [0.2, 0.25) is 0 Å². The van der Waals surface area contributed by atoms with Crippen molar-refractivity contribution in [1.29, 1.82) is 0 Å². The molecule has 1 saturated carbocycles. The predicted molar refractivity (Wildman–Crippen MR) is 66.2 cm³/mol. The van der Waals surface area contributed by atoms with Gasteiger partial charge in [0.05, 0.1) is 0 Å². The summed E-state index contributed by atoms with van der Waals surface area (Å²) in [4.78, 5) is 16.1. The summed E-state index contributed by atoms with van der Waals surface area (Å²) in [7, 11) is 0. The molecule has 0 aromatic carbocycles. The van der Waals surface area contributed by atoms with Gasteiger partial charge in [-0.15, -0.1) is 10.2 Å². The Hall–Kier alpha value is -1.17. The van der Waals surface area contributed by atoms with Gasteiger partial charge in [0.1, 0.15) is 5.01 Å². The molecule has 3 rings (SSSR count). The van der Waals surface area contributed by atoms with E-state index in [1.54, 1.807) is 11.3 Å². The van der Waals surface area contributed by atoms with E-state index in [2.05, 4.69) is 15.1 Å². The number of aryl methyl sites for hydroxylation is 1. The molecule has 2 heterocycles. The smallest absolute Gasteiger partial charge is 0.225 e. The molecule has 92 valence electrons. The first kappa shape index (κ1) is 11.0. The standard InChI is InChI=1S/C11H16N4OS/c1-8-12-13-11(17-8)15-6-4-14(5-7-15)10(16)9-2-3-9/h9H,2-7H2,1H3. The van der Waals surface area contributed by atoms with Crippen LogP contribution in [-0.2, 0) is 4.79 Å². The number of hydrogen-bond donors (Lipinski definition) is 0. The third kappa shape index (κ3) is 2.26. The minimum Gasteiger partial charge on any atom is -0.343 e. The number of carbonyl (C=O) groups excluding carboxylic acids is 1. The molecule has 6 heteroatoms. The highest BCUT2D eigenvalue weighted by molar-refractivity contribution is 7.15. The van der Waals surface area contributed by atoms with Gasteiger partial charge in [-0.25, -0.2) is 0 Å². The predicted octanol–water partition coefficient (Wildman–Crippen LogP) is 0.905. The van der Waals surface area contributed by atoms with Gasteiger partial charge in [0.15, 0.2) is 0 Å². The number of nitrogens with zero attached hydrogens (tertiary/aromatic N) is 4. The van der Waals surface area contributed by atoms with Gasteiger partial charge < -0.3 is 9.80 Å². The summed E-state index contributed by atoms with van der Waals surface area (Å²) in [6, 6.07) is 0. The molecule has 5 nitrogen and oxygen atoms in total. The molecule has 1 aromatic heterocycles. The molecule has 1 saturated heterocycles. The molecule has 0 bridgehead atoms. The fourth-order valence-corrected chi connectivity index (χ4v) is 2.86. The van der Waals surface area contributed by atoms with Crippen LogP contribution in [0, 0.1) is 12.8 Å². The maximum absolute atomic E-state index is 11.9. The van der Waals surface area contributed by atoms with Gasteiger partial charge in [-0.05, 0) is 19.8 Å². The van der Waals surface area contributed by atoms with Gasteiger partial charge in [-0.3, -0.25) is 4.79 Å². The third-order valence-electron chi connectivity index (χ3n) is 3.30. The van der Waals surface area contributed by atoms with Crippen LogP contribution in [0.5, 0.6) is 0 Å². The van der Waals surface area contributed by atoms with Crippen molar-refractivity contribution in [3.63, 3.8) is 0 Å². The second-order valence-electron chi connectivity index (χ2n) is 4.69. The molecule has 0 atom stereocenters. The zero-order valence-corrected chi connectivity index (χ0v) is 10.7. The lowest BCUT2D eigenvalue weighted by Crippen LogP contribution is -2.49. The molecule has 0 N–H and O–H groups in total. The molecular formula is C11H16N4OS. The first-order chi connectivity index (χ1) is 8.24. The highest BCUT2D eigenvalue weighted by Crippen LogP contribution is 2.31. The number of hydrogen-bond acceptors (Lipinski definition) is 5. The molecule has 2 fully saturated rings. The molecule has 0 spiro atoms. The summed E-state index contributed by atoms with van der Waals surface area (Å²) < 4.78 is 0. The van der Waals surface area contributed by atoms with Crippen LogP contribution in [0.1, 0.15) is 17.8 Å². The Labute approximate surface area is 104 Å². The molecule has 1 aromatic rings. The van der Waals surface area contributed by atoms with Crippen molar-refractivity contribution >= 4 is 22.4 Å². The summed E-state index contributed by atoms with van der Waals surface area (Å²) in [6.07, 6.45) is 2.18. The van der Waals surface area contributed by atoms with E-state index in [0.717, 1.165) is 49.2 Å². The van der Waals surface area contributed by atoms with Crippen molar-refractivity contribution in [1.82, 2.24) is 15.1 Å². The van der Waals surface area contributed by atoms with Gasteiger partial charge >= 0.3 is 0 Å². The van der Waals surface area contributed by atoms with Gasteiger partial charge in [-0.1, -0.05) is 11.3 Å². The van der Waals surface area contributed by atoms with Crippen molar-refractivity contribution in [3.05, 3.63) is 5.01 Å². The maximum Gasteiger partial charge on any atom is 0.225 e. The second kappa shape index (κ2) is 4.25. The van der Waals surface area contributed by atoms with Gasteiger partial charge in [0, 0.05) is 32.1 Å². The lowest BCUT2D eigenvalue weighted by Gasteiger charge is -2.34. The van der Waals surface area contributed by atoms with Crippen LogP contribution in [-0.4, -0.2) is 47.2 Å². The molecule has 1 aliphatic heterocycles. The van der Waals surface area contributed by atoms with E-state index in [9.17, 15) is 4.79 Å². The van der Waals surface area contributed by atoms with E-state index in [0.29, 0.717) is 11.8 Å². The van der Waals surface area contributed by atoms with E-state index in [1.165, 1.54) is 0 Å². The van der Waals surface area contributed by atoms with E-state index in [4.69, 9.17) is 0 Å². The van der Waals surface area contributed by atoms with Crippen molar-refractivity contribution in [2.45, 2.75) is 19.8 Å². The first-order valence-electron chi connectivity index (χ1n) is 6.08. The second-order valence-corrected chi connectivity index (χ2v) is 5.85. The molecule has 1 amide bonds. The highest BCUT2D eigenvalue weighted by atomic mass is 32.1. The van der Waals surface area contributed by atoms with Gasteiger partial charge in [0.25, 0.3) is 0 Å². The zero-order valence-electron chi connectivity index (χ0n) is 9.93. The molecule has 2 aliphatic rings. The lowest BCUT2D eigenvalue weighted by atomic mass is 10.3. The van der Waals surface area contributed by atoms with Crippen molar-refractivity contribution in [3.8, 4) is 0 Å². The molecule has 0 unspecified atom stereocenters. The van der Waals surface area contributed by atoms with Crippen LogP contribution in [0.4, 0.5) is 5.13 Å². The van der Waals surface area contributed by atoms with E-state index < -0.39 is 0 Å². The summed E-state index contributed by atoms with van der Waals surface area (Å²) in [6.45, 7) is 5.39. The average molecular weight is 252 g/mol. The Morgan fingerprint density at radius 2 is 1.94 bits per heavy atom. The quantitative estimate of drug-likeness (QED) is 0.785. The van der Waals surface area contributed by atoms with Crippen LogP contribution in [0.25, 0.3) is 0 Å². The number of anilines is 1. The van der Waals surface area contributed by atoms with Crippen molar-refractivity contribution < 1.29 is 4.79 Å². The van der Waals surface area contributed by atoms with Crippen LogP contribution in [0.15, 0.2) is 0 Å². The number of carbonyl (C=O) groups is 1. The van der Waals surface area contributed by atoms with Crippen molar-refractivity contribution in [2.24, 2.45) is 5.92 Å². The molecule has 1 aliphatic carbocycles. The molecule has 0 radical (unpaired) electrons. The van der Waals surface area contributed by atoms with E-state index >= 15 is 0 Å². The SMILES string of the molecule is Cc1nnc(N2CCN(C(=O)C3CC3)CC2)s1. The monoisotopic (exact) mass is 252 g/mol. The van der Waals surface area contributed by atoms with Crippen LogP contribution < -0.4 is 4.90 Å². The van der Waals surface area contributed by atoms with Gasteiger partial charge in [-0.2, -0.15) is 0 Å². The highest BCUT2D eigenvalue weighted by Gasteiger charge is 2.34. The first-order valence-corrected chi connectivity index (χ1v) is 6.89. The normalized spacial score (nSPS) is 20.8. The Balaban J connectivity index is 1.58. The Kier molecular flexibility index (Phi) is 2.74. The van der Waals surface area contributed by atoms with Gasteiger partial charge in [0.2, 0.25) is 11.0 Å². The summed E-state index contributed by atoms with van der Waals surface area (Å²) in [5.41, 5.74) is 0. The van der Waals surface area contributed by atoms with E-state index in [-0.39, 0.29) is 0 Å². The fraction of sp³-hybridized carbons (Fsp3) is 0.727. The maximum atomic E-state index is 11.9. The number of piperazine rings is 1. The summed E-state index contributed by atoms with van der Waals surface area (Å²) >= 11 is 1.62. The van der Waals surface area contributed by atoms with E-state index in [1.807, 2.05) is 11.8 Å². The number of aromatic nitrogens is 2. The summed E-state index contributed by atoms with van der Waals surface area (Å²) in [5.74, 6) is 0.698. The number of amides is 1. The lowest BCUT2D eigenvalue weighted by molar-refractivity contribution is -0.132. The van der Waals surface area contributed by atoms with Crippen molar-refractivity contribution in [2.75, 3.05) is 31.1 Å². The minimum atomic E-state index is 0.338. The average Bonchev–Trinajstić information content (AvgIpc) is 3.11. The third-order valence-corrected chi connectivity index (χ3v) is 4.20. The summed E-state index contributed by atoms with van der Waals surface area (Å²) in [5, 5.41) is 10.2. The molecule has 17 heavy (non-hydrogen) atoms. The number of rotatable bonds is 2. The largest absolute Gasteiger partial charge is 0.343 e. The van der Waals surface area contributed by atoms with Crippen LogP contribution in [0.3, 0.4) is 0 Å². The molecular weight excluding hydrogens is 236 g/mol. The zero-order chi connectivity index (χ0) is 11.8. The fourth-order valence-electron chi connectivity index (χ4n) is 2.12. The topological polar surface area (TPSA) is 49.3 Å². The van der Waals surface area contributed by atoms with Crippen LogP contribution >= 0.6 is 11.3 Å².